The lowest BCUT2D eigenvalue weighted by molar-refractivity contribution is -0.126. The predicted molar refractivity (Wildman–Crippen MR) is 83.0 cm³/mol. The molecule has 0 radical (unpaired) electrons. The summed E-state index contributed by atoms with van der Waals surface area (Å²) in [5.74, 6) is 0.391. The quantitative estimate of drug-likeness (QED) is 0.792. The molecule has 0 N–H and O–H groups in total. The lowest BCUT2D eigenvalue weighted by Crippen LogP contribution is -2.43. The Balaban J connectivity index is 1.75. The van der Waals surface area contributed by atoms with Crippen molar-refractivity contribution in [2.75, 3.05) is 6.54 Å². The van der Waals surface area contributed by atoms with Gasteiger partial charge in [0, 0.05) is 31.5 Å². The fourth-order valence-corrected chi connectivity index (χ4v) is 3.89. The molecule has 106 valence electrons. The van der Waals surface area contributed by atoms with Gasteiger partial charge in [-0.3, -0.25) is 9.69 Å². The normalized spacial score (nSPS) is 25.2. The standard InChI is InChI=1S/C19H19NO/c21-16-12-18(15-7-2-1-3-8-15)20-11-10-14-6-4-5-9-17(14)19(20)13-16/h1-9,18-19H,10-13H2/t18-,19-/m0/s1. The lowest BCUT2D eigenvalue weighted by Gasteiger charge is -2.45. The van der Waals surface area contributed by atoms with Gasteiger partial charge in [-0.1, -0.05) is 54.6 Å². The number of fused-ring (bicyclic) bond motifs is 3. The molecule has 1 saturated heterocycles. The molecule has 21 heavy (non-hydrogen) atoms. The SMILES string of the molecule is O=C1C[C@@H](c2ccccc2)N2CCc3ccccc3[C@@H]2C1. The molecule has 2 heteroatoms. The molecule has 1 fully saturated rings. The number of Topliss-reactive ketones (excluding diaryl/α,β-unsaturated/α-hetero) is 1. The van der Waals surface area contributed by atoms with Crippen molar-refractivity contribution in [1.29, 1.82) is 0 Å². The Morgan fingerprint density at radius 3 is 2.43 bits per heavy atom. The Labute approximate surface area is 125 Å². The van der Waals surface area contributed by atoms with Crippen molar-refractivity contribution in [3.8, 4) is 0 Å². The number of nitrogens with zero attached hydrogens (tertiary/aromatic N) is 1. The Morgan fingerprint density at radius 2 is 1.57 bits per heavy atom. The molecule has 0 amide bonds. The lowest BCUT2D eigenvalue weighted by atomic mass is 9.82. The van der Waals surface area contributed by atoms with Crippen molar-refractivity contribution in [3.05, 3.63) is 71.3 Å². The van der Waals surface area contributed by atoms with Crippen LogP contribution in [0.25, 0.3) is 0 Å². The summed E-state index contributed by atoms with van der Waals surface area (Å²) in [5, 5.41) is 0. The Morgan fingerprint density at radius 1 is 0.857 bits per heavy atom. The van der Waals surface area contributed by atoms with Gasteiger partial charge in [0.25, 0.3) is 0 Å². The first-order valence-electron chi connectivity index (χ1n) is 7.73. The molecule has 0 unspecified atom stereocenters. The molecule has 4 rings (SSSR count). The molecule has 2 aliphatic heterocycles. The Hall–Kier alpha value is -1.93. The molecule has 2 atom stereocenters. The summed E-state index contributed by atoms with van der Waals surface area (Å²) in [6, 6.07) is 19.6. The van der Waals surface area contributed by atoms with E-state index in [1.54, 1.807) is 0 Å². The topological polar surface area (TPSA) is 20.3 Å². The van der Waals surface area contributed by atoms with Gasteiger partial charge in [0.2, 0.25) is 0 Å². The molecule has 0 aliphatic carbocycles. The Bertz CT molecular complexity index is 664. The van der Waals surface area contributed by atoms with Crippen LogP contribution in [0.5, 0.6) is 0 Å². The van der Waals surface area contributed by atoms with E-state index in [4.69, 9.17) is 0 Å². The largest absolute Gasteiger partial charge is 0.300 e. The van der Waals surface area contributed by atoms with Crippen LogP contribution >= 0.6 is 0 Å². The van der Waals surface area contributed by atoms with Crippen molar-refractivity contribution in [3.63, 3.8) is 0 Å². The van der Waals surface area contributed by atoms with Crippen LogP contribution in [-0.4, -0.2) is 17.2 Å². The Kier molecular flexibility index (Phi) is 3.12. The summed E-state index contributed by atoms with van der Waals surface area (Å²) < 4.78 is 0. The molecular weight excluding hydrogens is 258 g/mol. The van der Waals surface area contributed by atoms with E-state index in [1.165, 1.54) is 16.7 Å². The number of carbonyl (C=O) groups is 1. The van der Waals surface area contributed by atoms with Crippen molar-refractivity contribution in [1.82, 2.24) is 4.90 Å². The van der Waals surface area contributed by atoms with Crippen LogP contribution in [-0.2, 0) is 11.2 Å². The third-order valence-electron chi connectivity index (χ3n) is 4.88. The summed E-state index contributed by atoms with van der Waals surface area (Å²) in [4.78, 5) is 14.8. The first-order chi connectivity index (χ1) is 10.3. The second-order valence-electron chi connectivity index (χ2n) is 6.08. The number of hydrogen-bond donors (Lipinski definition) is 0. The van der Waals surface area contributed by atoms with Crippen LogP contribution in [0.2, 0.25) is 0 Å². The number of hydrogen-bond acceptors (Lipinski definition) is 2. The van der Waals surface area contributed by atoms with E-state index in [0.717, 1.165) is 13.0 Å². The maximum atomic E-state index is 12.3. The molecular formula is C19H19NO. The van der Waals surface area contributed by atoms with Crippen LogP contribution in [0.4, 0.5) is 0 Å². The molecule has 2 aliphatic rings. The van der Waals surface area contributed by atoms with Gasteiger partial charge < -0.3 is 0 Å². The molecule has 2 nitrogen and oxygen atoms in total. The summed E-state index contributed by atoms with van der Waals surface area (Å²) in [6.45, 7) is 1.05. The van der Waals surface area contributed by atoms with E-state index in [-0.39, 0.29) is 12.1 Å². The van der Waals surface area contributed by atoms with Gasteiger partial charge in [-0.05, 0) is 23.1 Å². The van der Waals surface area contributed by atoms with Gasteiger partial charge in [0.05, 0.1) is 0 Å². The van der Waals surface area contributed by atoms with E-state index in [2.05, 4.69) is 53.4 Å². The molecule has 2 aromatic rings. The number of ketones is 1. The highest BCUT2D eigenvalue weighted by Crippen LogP contribution is 2.43. The summed E-state index contributed by atoms with van der Waals surface area (Å²) in [5.41, 5.74) is 4.05. The number of rotatable bonds is 1. The van der Waals surface area contributed by atoms with Crippen LogP contribution in [0.3, 0.4) is 0 Å². The van der Waals surface area contributed by atoms with E-state index in [1.807, 2.05) is 6.07 Å². The van der Waals surface area contributed by atoms with E-state index >= 15 is 0 Å². The minimum Gasteiger partial charge on any atom is -0.300 e. The van der Waals surface area contributed by atoms with E-state index in [0.29, 0.717) is 18.6 Å². The van der Waals surface area contributed by atoms with Gasteiger partial charge in [0.1, 0.15) is 5.78 Å². The fraction of sp³-hybridized carbons (Fsp3) is 0.316. The van der Waals surface area contributed by atoms with Crippen molar-refractivity contribution in [2.45, 2.75) is 31.3 Å². The number of benzene rings is 2. The van der Waals surface area contributed by atoms with Crippen molar-refractivity contribution >= 4 is 5.78 Å². The molecule has 0 saturated carbocycles. The average molecular weight is 277 g/mol. The maximum Gasteiger partial charge on any atom is 0.136 e. The zero-order chi connectivity index (χ0) is 14.2. The predicted octanol–water partition coefficient (Wildman–Crippen LogP) is 3.69. The highest BCUT2D eigenvalue weighted by atomic mass is 16.1. The smallest absolute Gasteiger partial charge is 0.136 e. The second-order valence-corrected chi connectivity index (χ2v) is 6.08. The first kappa shape index (κ1) is 12.8. The zero-order valence-corrected chi connectivity index (χ0v) is 12.0. The van der Waals surface area contributed by atoms with Gasteiger partial charge in [-0.15, -0.1) is 0 Å². The summed E-state index contributed by atoms with van der Waals surface area (Å²) in [7, 11) is 0. The highest BCUT2D eigenvalue weighted by molar-refractivity contribution is 5.81. The van der Waals surface area contributed by atoms with Crippen LogP contribution in [0.15, 0.2) is 54.6 Å². The second kappa shape index (κ2) is 5.12. The van der Waals surface area contributed by atoms with E-state index in [9.17, 15) is 4.79 Å². The monoisotopic (exact) mass is 277 g/mol. The summed E-state index contributed by atoms with van der Waals surface area (Å²) >= 11 is 0. The van der Waals surface area contributed by atoms with Gasteiger partial charge in [-0.2, -0.15) is 0 Å². The van der Waals surface area contributed by atoms with Gasteiger partial charge >= 0.3 is 0 Å². The number of piperidine rings is 1. The third-order valence-corrected chi connectivity index (χ3v) is 4.88. The average Bonchev–Trinajstić information content (AvgIpc) is 2.55. The van der Waals surface area contributed by atoms with Gasteiger partial charge in [-0.25, -0.2) is 0 Å². The van der Waals surface area contributed by atoms with Crippen molar-refractivity contribution in [2.24, 2.45) is 0 Å². The van der Waals surface area contributed by atoms with E-state index < -0.39 is 0 Å². The van der Waals surface area contributed by atoms with Crippen molar-refractivity contribution < 1.29 is 4.79 Å². The minimum absolute atomic E-state index is 0.241. The molecule has 0 spiro atoms. The first-order valence-corrected chi connectivity index (χ1v) is 7.73. The molecule has 2 heterocycles. The van der Waals surface area contributed by atoms with Gasteiger partial charge in [0.15, 0.2) is 0 Å². The van der Waals surface area contributed by atoms with Crippen LogP contribution < -0.4 is 0 Å². The highest BCUT2D eigenvalue weighted by Gasteiger charge is 2.38. The molecule has 2 aromatic carbocycles. The summed E-state index contributed by atoms with van der Waals surface area (Å²) in [6.07, 6.45) is 2.41. The minimum atomic E-state index is 0.241. The third kappa shape index (κ3) is 2.20. The molecule has 0 aromatic heterocycles. The molecule has 0 bridgehead atoms. The van der Waals surface area contributed by atoms with Crippen LogP contribution in [0.1, 0.15) is 41.6 Å². The maximum absolute atomic E-state index is 12.3. The number of carbonyl (C=O) groups excluding carboxylic acids is 1. The zero-order valence-electron chi connectivity index (χ0n) is 12.0. The van der Waals surface area contributed by atoms with Crippen LogP contribution in [0, 0.1) is 0 Å². The fourth-order valence-electron chi connectivity index (χ4n) is 3.89.